The van der Waals surface area contributed by atoms with Crippen molar-refractivity contribution in [3.8, 4) is 5.75 Å². The molecule has 170 valence electrons. The van der Waals surface area contributed by atoms with Gasteiger partial charge in [-0.2, -0.15) is 0 Å². The van der Waals surface area contributed by atoms with Crippen LogP contribution in [0.2, 0.25) is 0 Å². The molecule has 10 heteroatoms. The Morgan fingerprint density at radius 2 is 1.78 bits per heavy atom. The maximum absolute atomic E-state index is 13.3. The van der Waals surface area contributed by atoms with Crippen LogP contribution in [0.5, 0.6) is 5.75 Å². The predicted molar refractivity (Wildman–Crippen MR) is 110 cm³/mol. The maximum atomic E-state index is 13.3. The summed E-state index contributed by atoms with van der Waals surface area (Å²) in [4.78, 5) is 39.9. The SMILES string of the molecule is CN(C)[C@@H]1C(O)=C(C(N)=O)C(=O)[C@@]2(O)C(O)=C3C(=O)c4c(O)cccc4C(C)(O)[C@H]3C[C@@H]12. The monoisotopic (exact) mass is 444 g/mol. The predicted octanol–water partition coefficient (Wildman–Crippen LogP) is -0.214. The zero-order valence-corrected chi connectivity index (χ0v) is 17.7. The summed E-state index contributed by atoms with van der Waals surface area (Å²) in [5, 5.41) is 55.0. The molecule has 0 aromatic heterocycles. The third-order valence-corrected chi connectivity index (χ3v) is 7.02. The molecule has 1 aromatic carbocycles. The molecule has 0 saturated carbocycles. The number of aliphatic hydroxyl groups is 4. The molecule has 0 radical (unpaired) electrons. The lowest BCUT2D eigenvalue weighted by Gasteiger charge is -2.52. The number of primary amides is 1. The Kier molecular flexibility index (Phi) is 4.57. The van der Waals surface area contributed by atoms with Gasteiger partial charge in [-0.15, -0.1) is 0 Å². The van der Waals surface area contributed by atoms with Crippen LogP contribution in [0.25, 0.3) is 0 Å². The number of aliphatic hydroxyl groups excluding tert-OH is 2. The van der Waals surface area contributed by atoms with E-state index >= 15 is 0 Å². The van der Waals surface area contributed by atoms with E-state index in [0.29, 0.717) is 0 Å². The smallest absolute Gasteiger partial charge is 0.255 e. The standard InChI is InChI=1S/C22H24N2O8/c1-21(31)8-5-4-6-11(25)12(8)16(26)13-9(21)7-10-15(24(2)3)17(27)14(20(23)30)19(29)22(10,32)18(13)28/h4-6,9-10,15,25,27-28,31-32H,7H2,1-3H3,(H2,23,30)/t9-,10-,15-,21?,22-/m0/s1. The van der Waals surface area contributed by atoms with Gasteiger partial charge in [0.1, 0.15) is 22.8 Å². The number of likely N-dealkylation sites (N-methyl/N-ethyl adjacent to an activating group) is 1. The molecular formula is C22H24N2O8. The maximum Gasteiger partial charge on any atom is 0.255 e. The van der Waals surface area contributed by atoms with Crippen molar-refractivity contribution < 1.29 is 39.9 Å². The molecule has 4 rings (SSSR count). The van der Waals surface area contributed by atoms with E-state index in [1.54, 1.807) is 0 Å². The quantitative estimate of drug-likeness (QED) is 0.336. The van der Waals surface area contributed by atoms with Gasteiger partial charge in [-0.25, -0.2) is 0 Å². The summed E-state index contributed by atoms with van der Waals surface area (Å²) in [6, 6.07) is 3.05. The highest BCUT2D eigenvalue weighted by Gasteiger charge is 2.65. The second-order valence-corrected chi connectivity index (χ2v) is 8.96. The van der Waals surface area contributed by atoms with E-state index < -0.39 is 75.0 Å². The molecule has 3 aliphatic rings. The molecule has 0 bridgehead atoms. The normalized spacial score (nSPS) is 34.4. The number of carbonyl (C=O) groups excluding carboxylic acids is 3. The number of phenols is 1. The van der Waals surface area contributed by atoms with Crippen LogP contribution in [0.15, 0.2) is 40.9 Å². The number of hydrogen-bond donors (Lipinski definition) is 6. The van der Waals surface area contributed by atoms with Gasteiger partial charge in [0.05, 0.1) is 17.2 Å². The van der Waals surface area contributed by atoms with Crippen molar-refractivity contribution >= 4 is 17.5 Å². The highest BCUT2D eigenvalue weighted by Crippen LogP contribution is 2.56. The van der Waals surface area contributed by atoms with Gasteiger partial charge in [0, 0.05) is 17.4 Å². The number of rotatable bonds is 2. The van der Waals surface area contributed by atoms with Gasteiger partial charge >= 0.3 is 0 Å². The Labute approximate surface area is 182 Å². The van der Waals surface area contributed by atoms with Crippen LogP contribution in [0, 0.1) is 11.8 Å². The summed E-state index contributed by atoms with van der Waals surface area (Å²) in [7, 11) is 3.06. The van der Waals surface area contributed by atoms with E-state index in [1.165, 1.54) is 44.1 Å². The van der Waals surface area contributed by atoms with Gasteiger partial charge in [-0.3, -0.25) is 19.3 Å². The Hall–Kier alpha value is -3.21. The number of carbonyl (C=O) groups is 3. The highest BCUT2D eigenvalue weighted by molar-refractivity contribution is 6.24. The molecule has 0 heterocycles. The van der Waals surface area contributed by atoms with E-state index in [1.807, 2.05) is 0 Å². The summed E-state index contributed by atoms with van der Waals surface area (Å²) in [5.74, 6) is -7.89. The fourth-order valence-corrected chi connectivity index (χ4v) is 5.51. The fraction of sp³-hybridized carbons (Fsp3) is 0.409. The van der Waals surface area contributed by atoms with Crippen LogP contribution in [0.4, 0.5) is 0 Å². The third kappa shape index (κ3) is 2.48. The topological polar surface area (TPSA) is 182 Å². The molecule has 7 N–H and O–H groups in total. The van der Waals surface area contributed by atoms with Gasteiger partial charge in [0.15, 0.2) is 11.4 Å². The molecule has 0 aliphatic heterocycles. The summed E-state index contributed by atoms with van der Waals surface area (Å²) >= 11 is 0. The van der Waals surface area contributed by atoms with Crippen LogP contribution in [0.3, 0.4) is 0 Å². The number of hydrogen-bond acceptors (Lipinski definition) is 9. The molecule has 0 fully saturated rings. The second-order valence-electron chi connectivity index (χ2n) is 8.96. The molecule has 10 nitrogen and oxygen atoms in total. The molecule has 1 amide bonds. The number of amides is 1. The number of nitrogens with zero attached hydrogens (tertiary/aromatic N) is 1. The van der Waals surface area contributed by atoms with E-state index in [2.05, 4.69) is 0 Å². The summed E-state index contributed by atoms with van der Waals surface area (Å²) in [6.45, 7) is 1.40. The van der Waals surface area contributed by atoms with Crippen LogP contribution in [-0.2, 0) is 15.2 Å². The zero-order chi connectivity index (χ0) is 23.9. The first-order chi connectivity index (χ1) is 14.8. The lowest BCUT2D eigenvalue weighted by Crippen LogP contribution is -2.65. The van der Waals surface area contributed by atoms with Crippen molar-refractivity contribution in [2.45, 2.75) is 30.6 Å². The molecule has 0 spiro atoms. The van der Waals surface area contributed by atoms with E-state index in [0.717, 1.165) is 0 Å². The van der Waals surface area contributed by atoms with E-state index in [9.17, 15) is 39.9 Å². The number of aromatic hydroxyl groups is 1. The Bertz CT molecular complexity index is 1150. The van der Waals surface area contributed by atoms with Crippen molar-refractivity contribution in [1.29, 1.82) is 0 Å². The highest BCUT2D eigenvalue weighted by atomic mass is 16.3. The van der Waals surface area contributed by atoms with E-state index in [4.69, 9.17) is 5.73 Å². The van der Waals surface area contributed by atoms with Crippen molar-refractivity contribution in [1.82, 2.24) is 4.90 Å². The third-order valence-electron chi connectivity index (χ3n) is 7.02. The van der Waals surface area contributed by atoms with Crippen LogP contribution in [-0.4, -0.2) is 73.6 Å². The Balaban J connectivity index is 2.05. The second kappa shape index (κ2) is 6.64. The number of Topliss-reactive ketones (excluding diaryl/α,β-unsaturated/α-hetero) is 2. The first-order valence-corrected chi connectivity index (χ1v) is 9.97. The minimum atomic E-state index is -2.75. The molecule has 5 atom stereocenters. The number of fused-ring (bicyclic) bond motifs is 3. The summed E-state index contributed by atoms with van der Waals surface area (Å²) < 4.78 is 0. The molecule has 1 unspecified atom stereocenters. The van der Waals surface area contributed by atoms with Crippen LogP contribution in [0.1, 0.15) is 29.3 Å². The fourth-order valence-electron chi connectivity index (χ4n) is 5.51. The van der Waals surface area contributed by atoms with Crippen molar-refractivity contribution in [2.75, 3.05) is 14.1 Å². The molecule has 32 heavy (non-hydrogen) atoms. The summed E-state index contributed by atoms with van der Waals surface area (Å²) in [5.41, 5.74) is -0.654. The lowest BCUT2D eigenvalue weighted by atomic mass is 9.55. The summed E-state index contributed by atoms with van der Waals surface area (Å²) in [6.07, 6.45) is -0.200. The van der Waals surface area contributed by atoms with Crippen LogP contribution >= 0.6 is 0 Å². The van der Waals surface area contributed by atoms with Crippen molar-refractivity contribution in [3.63, 3.8) is 0 Å². The Morgan fingerprint density at radius 1 is 1.16 bits per heavy atom. The van der Waals surface area contributed by atoms with E-state index in [-0.39, 0.29) is 17.5 Å². The zero-order valence-electron chi connectivity index (χ0n) is 17.7. The molecular weight excluding hydrogens is 420 g/mol. The molecule has 1 aromatic rings. The average molecular weight is 444 g/mol. The molecule has 0 saturated heterocycles. The van der Waals surface area contributed by atoms with Gasteiger partial charge in [-0.05, 0) is 39.1 Å². The first kappa shape index (κ1) is 22.0. The van der Waals surface area contributed by atoms with Crippen LogP contribution < -0.4 is 5.73 Å². The number of ketones is 2. The molecule has 3 aliphatic carbocycles. The van der Waals surface area contributed by atoms with Gasteiger partial charge in [0.25, 0.3) is 5.91 Å². The Morgan fingerprint density at radius 3 is 2.34 bits per heavy atom. The average Bonchev–Trinajstić information content (AvgIpc) is 2.68. The number of phenolic OH excluding ortho intramolecular Hbond substituents is 1. The number of nitrogens with two attached hydrogens (primary N) is 1. The van der Waals surface area contributed by atoms with Crippen molar-refractivity contribution in [3.05, 3.63) is 52.0 Å². The number of benzene rings is 1. The van der Waals surface area contributed by atoms with Gasteiger partial charge in [0.2, 0.25) is 5.78 Å². The first-order valence-electron chi connectivity index (χ1n) is 9.97. The largest absolute Gasteiger partial charge is 0.510 e. The minimum absolute atomic E-state index is 0.135. The minimum Gasteiger partial charge on any atom is -0.510 e. The van der Waals surface area contributed by atoms with Gasteiger partial charge < -0.3 is 31.3 Å². The lowest BCUT2D eigenvalue weighted by molar-refractivity contribution is -0.151. The van der Waals surface area contributed by atoms with Gasteiger partial charge in [-0.1, -0.05) is 12.1 Å². The van der Waals surface area contributed by atoms with Crippen molar-refractivity contribution in [2.24, 2.45) is 17.6 Å².